The predicted molar refractivity (Wildman–Crippen MR) is 93.5 cm³/mol. The van der Waals surface area contributed by atoms with Crippen LogP contribution in [-0.4, -0.2) is 20.8 Å². The summed E-state index contributed by atoms with van der Waals surface area (Å²) in [7, 11) is 0. The van der Waals surface area contributed by atoms with Gasteiger partial charge in [0.05, 0.1) is 0 Å². The van der Waals surface area contributed by atoms with Crippen molar-refractivity contribution in [1.82, 2.24) is 0 Å². The van der Waals surface area contributed by atoms with Gasteiger partial charge in [0.2, 0.25) is 0 Å². The third-order valence-electron chi connectivity index (χ3n) is 3.52. The van der Waals surface area contributed by atoms with Crippen molar-refractivity contribution in [2.45, 2.75) is 17.7 Å². The molecule has 0 radical (unpaired) electrons. The minimum Gasteiger partial charge on any atom is -0.249 e. The van der Waals surface area contributed by atoms with Crippen LogP contribution in [0, 0.1) is 6.92 Å². The van der Waals surface area contributed by atoms with Gasteiger partial charge < -0.3 is 0 Å². The van der Waals surface area contributed by atoms with Gasteiger partial charge in [-0.3, -0.25) is 0 Å². The van der Waals surface area contributed by atoms with E-state index in [0.717, 1.165) is 10.1 Å². The molecule has 2 aromatic rings. The molecule has 2 nitrogen and oxygen atoms in total. The van der Waals surface area contributed by atoms with E-state index in [-0.39, 0.29) is 6.17 Å². The Morgan fingerprint density at radius 3 is 1.90 bits per heavy atom. The zero-order valence-electron chi connectivity index (χ0n) is 11.6. The van der Waals surface area contributed by atoms with Crippen LogP contribution in [-0.2, 0) is 0 Å². The molecule has 0 fully saturated rings. The highest BCUT2D eigenvalue weighted by Crippen LogP contribution is 2.44. The highest BCUT2D eigenvalue weighted by Gasteiger charge is 2.37. The molecule has 0 unspecified atom stereocenters. The lowest BCUT2D eigenvalue weighted by atomic mass is 10.2. The average Bonchev–Trinajstić information content (AvgIpc) is 3.07. The van der Waals surface area contributed by atoms with Crippen LogP contribution < -0.4 is 0 Å². The van der Waals surface area contributed by atoms with Gasteiger partial charge >= 0.3 is 0 Å². The molecule has 0 N–H and O–H groups in total. The van der Waals surface area contributed by atoms with E-state index in [9.17, 15) is 0 Å². The second-order valence-corrected chi connectivity index (χ2v) is 7.68. The molecule has 2 aromatic carbocycles. The van der Waals surface area contributed by atoms with Gasteiger partial charge in [-0.1, -0.05) is 83.7 Å². The molecule has 0 aliphatic carbocycles. The first-order chi connectivity index (χ1) is 10.3. The molecule has 0 spiro atoms. The maximum atomic E-state index is 4.80. The number of hydrogen-bond acceptors (Lipinski definition) is 4. The summed E-state index contributed by atoms with van der Waals surface area (Å²) < 4.78 is 0.386. The van der Waals surface area contributed by atoms with Crippen molar-refractivity contribution in [3.63, 3.8) is 0 Å². The number of thioether (sulfide) groups is 2. The summed E-state index contributed by atoms with van der Waals surface area (Å²) in [5, 5.41) is 2.23. The second-order valence-electron chi connectivity index (χ2n) is 5.12. The Labute approximate surface area is 132 Å². The molecule has 4 heteroatoms. The monoisotopic (exact) mass is 310 g/mol. The van der Waals surface area contributed by atoms with Gasteiger partial charge in [-0.25, -0.2) is 9.98 Å². The summed E-state index contributed by atoms with van der Waals surface area (Å²) in [4.78, 5) is 9.58. The highest BCUT2D eigenvalue weighted by molar-refractivity contribution is 8.31. The summed E-state index contributed by atoms with van der Waals surface area (Å²) in [5.41, 5.74) is 3.68. The minimum atomic E-state index is 0.0616. The largest absolute Gasteiger partial charge is 0.249 e. The molecule has 2 aliphatic rings. The van der Waals surface area contributed by atoms with Crippen LogP contribution in [0.1, 0.15) is 16.7 Å². The quantitative estimate of drug-likeness (QED) is 0.824. The van der Waals surface area contributed by atoms with Crippen molar-refractivity contribution < 1.29 is 0 Å². The lowest BCUT2D eigenvalue weighted by Gasteiger charge is -2.05. The van der Waals surface area contributed by atoms with E-state index in [1.807, 2.05) is 29.6 Å². The number of aliphatic imine (C=N–C) groups is 2. The number of hydrogen-bond donors (Lipinski definition) is 0. The number of nitrogens with zero attached hydrogens (tertiary/aromatic N) is 2. The fourth-order valence-corrected chi connectivity index (χ4v) is 4.93. The van der Waals surface area contributed by atoms with Crippen molar-refractivity contribution >= 4 is 33.6 Å². The molecular formula is C17H14N2S2. The number of benzene rings is 2. The Balaban J connectivity index is 1.59. The molecule has 0 aromatic heterocycles. The van der Waals surface area contributed by atoms with Crippen LogP contribution in [0.5, 0.6) is 0 Å². The highest BCUT2D eigenvalue weighted by atomic mass is 32.2. The topological polar surface area (TPSA) is 24.7 Å². The van der Waals surface area contributed by atoms with E-state index in [2.05, 4.69) is 55.5 Å². The van der Waals surface area contributed by atoms with Crippen LogP contribution in [0.2, 0.25) is 0 Å². The molecule has 4 rings (SSSR count). The fourth-order valence-electron chi connectivity index (χ4n) is 2.38. The van der Waals surface area contributed by atoms with Gasteiger partial charge in [-0.2, -0.15) is 0 Å². The van der Waals surface area contributed by atoms with Crippen LogP contribution in [0.25, 0.3) is 0 Å². The first kappa shape index (κ1) is 13.2. The van der Waals surface area contributed by atoms with Crippen LogP contribution in [0.15, 0.2) is 64.6 Å². The predicted octanol–water partition coefficient (Wildman–Crippen LogP) is 4.33. The van der Waals surface area contributed by atoms with Gasteiger partial charge in [0, 0.05) is 11.1 Å². The van der Waals surface area contributed by atoms with Crippen LogP contribution >= 0.6 is 23.5 Å². The zero-order chi connectivity index (χ0) is 14.2. The molecule has 2 heterocycles. The van der Waals surface area contributed by atoms with Crippen LogP contribution in [0.4, 0.5) is 0 Å². The SMILES string of the molecule is Cc1ccc(C2=N[C@H]3N=C(c4ccccc4)S[C@@H]3S2)cc1. The molecule has 21 heavy (non-hydrogen) atoms. The smallest absolute Gasteiger partial charge is 0.163 e. The molecule has 2 aliphatic heterocycles. The number of fused-ring (bicyclic) bond motifs is 1. The van der Waals surface area contributed by atoms with Gasteiger partial charge in [0.25, 0.3) is 0 Å². The maximum Gasteiger partial charge on any atom is 0.163 e. The van der Waals surface area contributed by atoms with Gasteiger partial charge in [0.1, 0.15) is 14.7 Å². The summed E-state index contributed by atoms with van der Waals surface area (Å²) >= 11 is 3.67. The fraction of sp³-hybridized carbons (Fsp3) is 0.176. The lowest BCUT2D eigenvalue weighted by molar-refractivity contribution is 0.809. The van der Waals surface area contributed by atoms with Crippen molar-refractivity contribution in [3.05, 3.63) is 71.3 Å². The summed E-state index contributed by atoms with van der Waals surface area (Å²) in [6, 6.07) is 18.9. The van der Waals surface area contributed by atoms with E-state index >= 15 is 0 Å². The first-order valence-corrected chi connectivity index (χ1v) is 8.67. The molecular weight excluding hydrogens is 296 g/mol. The Morgan fingerprint density at radius 1 is 0.762 bits per heavy atom. The third-order valence-corrected chi connectivity index (χ3v) is 6.17. The van der Waals surface area contributed by atoms with Crippen molar-refractivity contribution in [2.24, 2.45) is 9.98 Å². The van der Waals surface area contributed by atoms with Crippen LogP contribution in [0.3, 0.4) is 0 Å². The molecule has 0 amide bonds. The van der Waals surface area contributed by atoms with Crippen molar-refractivity contribution in [3.8, 4) is 0 Å². The molecule has 0 bridgehead atoms. The minimum absolute atomic E-state index is 0.0616. The Morgan fingerprint density at radius 2 is 1.33 bits per heavy atom. The second kappa shape index (κ2) is 5.35. The standard InChI is InChI=1S/C17H14N2S2/c1-11-7-9-13(10-8-11)16-19-14-17(21-16)20-15(18-14)12-5-3-2-4-6-12/h2-10,14,17H,1H3/t14-,17-/m1/s1. The van der Waals surface area contributed by atoms with Gasteiger partial charge in [-0.15, -0.1) is 0 Å². The Bertz CT molecular complexity index is 720. The van der Waals surface area contributed by atoms with Crippen molar-refractivity contribution in [1.29, 1.82) is 0 Å². The third kappa shape index (κ3) is 2.54. The summed E-state index contributed by atoms with van der Waals surface area (Å²) in [6.45, 7) is 2.11. The summed E-state index contributed by atoms with van der Waals surface area (Å²) in [5.74, 6) is 0. The normalized spacial score (nSPS) is 23.7. The van der Waals surface area contributed by atoms with E-state index in [1.54, 1.807) is 0 Å². The lowest BCUT2D eigenvalue weighted by Crippen LogP contribution is -2.03. The van der Waals surface area contributed by atoms with E-state index in [4.69, 9.17) is 9.98 Å². The maximum absolute atomic E-state index is 4.80. The Kier molecular flexibility index (Phi) is 3.36. The summed E-state index contributed by atoms with van der Waals surface area (Å²) in [6.07, 6.45) is 0.0616. The van der Waals surface area contributed by atoms with E-state index < -0.39 is 0 Å². The van der Waals surface area contributed by atoms with Gasteiger partial charge in [0.15, 0.2) is 6.17 Å². The molecule has 0 saturated heterocycles. The van der Waals surface area contributed by atoms with E-state index in [0.29, 0.717) is 4.58 Å². The average molecular weight is 310 g/mol. The number of rotatable bonds is 2. The number of aryl methyl sites for hydroxylation is 1. The van der Waals surface area contributed by atoms with E-state index in [1.165, 1.54) is 16.7 Å². The van der Waals surface area contributed by atoms with Gasteiger partial charge in [-0.05, 0) is 6.92 Å². The molecule has 104 valence electrons. The molecule has 0 saturated carbocycles. The van der Waals surface area contributed by atoms with Crippen molar-refractivity contribution in [2.75, 3.05) is 0 Å². The first-order valence-electron chi connectivity index (χ1n) is 6.91. The Hall–Kier alpha value is -1.52. The zero-order valence-corrected chi connectivity index (χ0v) is 13.2. The molecule has 2 atom stereocenters.